The highest BCUT2D eigenvalue weighted by Gasteiger charge is 2.15. The summed E-state index contributed by atoms with van der Waals surface area (Å²) in [5, 5.41) is 4.61. The number of benzene rings is 1. The number of nitrogens with one attached hydrogen (secondary N) is 1. The van der Waals surface area contributed by atoms with E-state index in [0.29, 0.717) is 36.9 Å². The summed E-state index contributed by atoms with van der Waals surface area (Å²) in [4.78, 5) is 26.4. The predicted octanol–water partition coefficient (Wildman–Crippen LogP) is 2.30. The third-order valence-corrected chi connectivity index (χ3v) is 4.69. The molecule has 0 bridgehead atoms. The third kappa shape index (κ3) is 4.51. The Labute approximate surface area is 150 Å². The van der Waals surface area contributed by atoms with E-state index in [1.807, 2.05) is 29.6 Å². The Morgan fingerprint density at radius 2 is 2.00 bits per heavy atom. The van der Waals surface area contributed by atoms with E-state index >= 15 is 0 Å². The minimum atomic E-state index is -0.141. The van der Waals surface area contributed by atoms with Gasteiger partial charge in [-0.25, -0.2) is 0 Å². The van der Waals surface area contributed by atoms with Crippen molar-refractivity contribution in [3.63, 3.8) is 0 Å². The summed E-state index contributed by atoms with van der Waals surface area (Å²) >= 11 is 1.38. The summed E-state index contributed by atoms with van der Waals surface area (Å²) in [7, 11) is 1.75. The van der Waals surface area contributed by atoms with Gasteiger partial charge in [-0.3, -0.25) is 9.59 Å². The lowest BCUT2D eigenvalue weighted by Crippen LogP contribution is -2.31. The number of thiophene rings is 1. The van der Waals surface area contributed by atoms with Crippen LogP contribution in [0.15, 0.2) is 35.7 Å². The Morgan fingerprint density at radius 1 is 1.20 bits per heavy atom. The molecular weight excluding hydrogens is 340 g/mol. The van der Waals surface area contributed by atoms with E-state index in [1.165, 1.54) is 11.3 Å². The molecule has 0 aliphatic carbocycles. The average molecular weight is 360 g/mol. The molecule has 0 saturated carbocycles. The van der Waals surface area contributed by atoms with Crippen LogP contribution in [0, 0.1) is 0 Å². The molecule has 1 aromatic heterocycles. The quantitative estimate of drug-likeness (QED) is 0.858. The van der Waals surface area contributed by atoms with Crippen LogP contribution >= 0.6 is 11.3 Å². The van der Waals surface area contributed by atoms with Crippen LogP contribution in [0.4, 0.5) is 0 Å². The van der Waals surface area contributed by atoms with Crippen LogP contribution in [-0.4, -0.2) is 43.5 Å². The van der Waals surface area contributed by atoms with Gasteiger partial charge in [0.1, 0.15) is 13.2 Å². The van der Waals surface area contributed by atoms with Gasteiger partial charge in [-0.1, -0.05) is 12.1 Å². The standard InChI is InChI=1S/C18H20N2O4S/c1-20(12-13-4-5-14-15(11-13)24-9-8-23-14)17(21)6-7-19-18(22)16-3-2-10-25-16/h2-5,10-11H,6-9,12H2,1H3,(H,19,22). The molecule has 0 spiro atoms. The first-order valence-corrected chi connectivity index (χ1v) is 8.95. The van der Waals surface area contributed by atoms with Gasteiger partial charge >= 0.3 is 0 Å². The summed E-state index contributed by atoms with van der Waals surface area (Å²) in [6, 6.07) is 9.28. The monoisotopic (exact) mass is 360 g/mol. The fourth-order valence-corrected chi connectivity index (χ4v) is 3.16. The van der Waals surface area contributed by atoms with E-state index in [0.717, 1.165) is 11.3 Å². The van der Waals surface area contributed by atoms with E-state index in [9.17, 15) is 9.59 Å². The highest BCUT2D eigenvalue weighted by Crippen LogP contribution is 2.31. The summed E-state index contributed by atoms with van der Waals surface area (Å²) in [5.74, 6) is 1.28. The Bertz CT molecular complexity index is 746. The van der Waals surface area contributed by atoms with Crippen molar-refractivity contribution in [3.05, 3.63) is 46.2 Å². The first kappa shape index (κ1) is 17.3. The predicted molar refractivity (Wildman–Crippen MR) is 95.2 cm³/mol. The number of carbonyl (C=O) groups is 2. The summed E-state index contributed by atoms with van der Waals surface area (Å²) in [6.07, 6.45) is 0.262. The van der Waals surface area contributed by atoms with Crippen LogP contribution in [0.2, 0.25) is 0 Å². The van der Waals surface area contributed by atoms with Gasteiger partial charge in [0.25, 0.3) is 5.91 Å². The highest BCUT2D eigenvalue weighted by atomic mass is 32.1. The SMILES string of the molecule is CN(Cc1ccc2c(c1)OCCO2)C(=O)CCNC(=O)c1cccs1. The lowest BCUT2D eigenvalue weighted by Gasteiger charge is -2.21. The molecule has 2 aromatic rings. The van der Waals surface area contributed by atoms with Crippen LogP contribution < -0.4 is 14.8 Å². The largest absolute Gasteiger partial charge is 0.486 e. The van der Waals surface area contributed by atoms with Crippen molar-refractivity contribution in [2.24, 2.45) is 0 Å². The second-order valence-corrected chi connectivity index (χ2v) is 6.66. The molecule has 1 aliphatic rings. The van der Waals surface area contributed by atoms with E-state index < -0.39 is 0 Å². The van der Waals surface area contributed by atoms with Crippen molar-refractivity contribution >= 4 is 23.2 Å². The van der Waals surface area contributed by atoms with E-state index in [1.54, 1.807) is 18.0 Å². The van der Waals surface area contributed by atoms with Crippen molar-refractivity contribution in [2.75, 3.05) is 26.8 Å². The molecule has 132 valence electrons. The smallest absolute Gasteiger partial charge is 0.261 e. The maximum Gasteiger partial charge on any atom is 0.261 e. The minimum absolute atomic E-state index is 0.0265. The number of rotatable bonds is 6. The van der Waals surface area contributed by atoms with Crippen LogP contribution in [0.1, 0.15) is 21.7 Å². The van der Waals surface area contributed by atoms with Gasteiger partial charge in [-0.15, -0.1) is 11.3 Å². The molecule has 1 aliphatic heterocycles. The van der Waals surface area contributed by atoms with Crippen molar-refractivity contribution in [1.29, 1.82) is 0 Å². The van der Waals surface area contributed by atoms with Gasteiger partial charge in [0.05, 0.1) is 4.88 Å². The maximum absolute atomic E-state index is 12.2. The van der Waals surface area contributed by atoms with Crippen LogP contribution in [-0.2, 0) is 11.3 Å². The molecule has 1 aromatic carbocycles. The summed E-state index contributed by atoms with van der Waals surface area (Å²) < 4.78 is 11.0. The fourth-order valence-electron chi connectivity index (χ4n) is 2.52. The Kier molecular flexibility index (Phi) is 5.55. The summed E-state index contributed by atoms with van der Waals surface area (Å²) in [5.41, 5.74) is 0.975. The van der Waals surface area contributed by atoms with Crippen molar-refractivity contribution in [1.82, 2.24) is 10.2 Å². The molecule has 0 atom stereocenters. The van der Waals surface area contributed by atoms with Gasteiger partial charge in [-0.2, -0.15) is 0 Å². The zero-order valence-corrected chi connectivity index (χ0v) is 14.8. The van der Waals surface area contributed by atoms with Gasteiger partial charge < -0.3 is 19.7 Å². The molecule has 6 nitrogen and oxygen atoms in total. The topological polar surface area (TPSA) is 67.9 Å². The van der Waals surface area contributed by atoms with Crippen molar-refractivity contribution in [2.45, 2.75) is 13.0 Å². The zero-order valence-electron chi connectivity index (χ0n) is 14.0. The number of fused-ring (bicyclic) bond motifs is 1. The van der Waals surface area contributed by atoms with Gasteiger partial charge in [-0.05, 0) is 29.1 Å². The second kappa shape index (κ2) is 8.02. The molecule has 1 N–H and O–H groups in total. The molecule has 7 heteroatoms. The summed E-state index contributed by atoms with van der Waals surface area (Å²) in [6.45, 7) is 1.90. The Hall–Kier alpha value is -2.54. The maximum atomic E-state index is 12.2. The number of nitrogens with zero attached hydrogens (tertiary/aromatic N) is 1. The molecule has 2 heterocycles. The molecule has 2 amide bonds. The number of ether oxygens (including phenoxy) is 2. The van der Waals surface area contributed by atoms with Crippen LogP contribution in [0.25, 0.3) is 0 Å². The second-order valence-electron chi connectivity index (χ2n) is 5.71. The molecule has 3 rings (SSSR count). The van der Waals surface area contributed by atoms with E-state index in [-0.39, 0.29) is 18.2 Å². The minimum Gasteiger partial charge on any atom is -0.486 e. The average Bonchev–Trinajstić information content (AvgIpc) is 3.16. The molecule has 0 fully saturated rings. The number of hydrogen-bond donors (Lipinski definition) is 1. The van der Waals surface area contributed by atoms with Gasteiger partial charge in [0.2, 0.25) is 5.91 Å². The lowest BCUT2D eigenvalue weighted by atomic mass is 10.2. The molecule has 0 radical (unpaired) electrons. The molecule has 25 heavy (non-hydrogen) atoms. The lowest BCUT2D eigenvalue weighted by molar-refractivity contribution is -0.130. The number of carbonyl (C=O) groups excluding carboxylic acids is 2. The van der Waals surface area contributed by atoms with E-state index in [2.05, 4.69) is 5.32 Å². The van der Waals surface area contributed by atoms with Crippen molar-refractivity contribution in [3.8, 4) is 11.5 Å². The van der Waals surface area contributed by atoms with Crippen molar-refractivity contribution < 1.29 is 19.1 Å². The molecule has 0 unspecified atom stereocenters. The Balaban J connectivity index is 1.47. The number of hydrogen-bond acceptors (Lipinski definition) is 5. The van der Waals surface area contributed by atoms with Gasteiger partial charge in [0, 0.05) is 26.6 Å². The van der Waals surface area contributed by atoms with Crippen LogP contribution in [0.3, 0.4) is 0 Å². The Morgan fingerprint density at radius 3 is 2.76 bits per heavy atom. The molecule has 0 saturated heterocycles. The molecular formula is C18H20N2O4S. The third-order valence-electron chi connectivity index (χ3n) is 3.82. The number of amides is 2. The zero-order chi connectivity index (χ0) is 17.6. The van der Waals surface area contributed by atoms with E-state index in [4.69, 9.17) is 9.47 Å². The normalized spacial score (nSPS) is 12.5. The first-order chi connectivity index (χ1) is 12.1. The first-order valence-electron chi connectivity index (χ1n) is 8.07. The fraction of sp³-hybridized carbons (Fsp3) is 0.333. The highest BCUT2D eigenvalue weighted by molar-refractivity contribution is 7.12. The van der Waals surface area contributed by atoms with Crippen LogP contribution in [0.5, 0.6) is 11.5 Å². The van der Waals surface area contributed by atoms with Gasteiger partial charge in [0.15, 0.2) is 11.5 Å².